The van der Waals surface area contributed by atoms with Gasteiger partial charge in [-0.1, -0.05) is 42.8 Å². The van der Waals surface area contributed by atoms with E-state index in [0.717, 1.165) is 41.8 Å². The minimum absolute atomic E-state index is 0.698. The van der Waals surface area contributed by atoms with Crippen LogP contribution >= 0.6 is 0 Å². The second-order valence-corrected chi connectivity index (χ2v) is 9.09. The van der Waals surface area contributed by atoms with Crippen molar-refractivity contribution in [2.24, 2.45) is 0 Å². The number of aromatic nitrogens is 4. The van der Waals surface area contributed by atoms with Crippen molar-refractivity contribution < 1.29 is 0 Å². The largest absolute Gasteiger partial charge is 0.356 e. The Morgan fingerprint density at radius 1 is 0.909 bits per heavy atom. The van der Waals surface area contributed by atoms with E-state index in [9.17, 15) is 0 Å². The second kappa shape index (κ2) is 10.2. The Balaban J connectivity index is 1.35. The molecule has 5 rings (SSSR count). The van der Waals surface area contributed by atoms with E-state index in [4.69, 9.17) is 9.97 Å². The lowest BCUT2D eigenvalue weighted by molar-refractivity contribution is 0.141. The average Bonchev–Trinajstić information content (AvgIpc) is 3.28. The third kappa shape index (κ3) is 5.60. The summed E-state index contributed by atoms with van der Waals surface area (Å²) >= 11 is 0. The number of aryl methyl sites for hydroxylation is 1. The summed E-state index contributed by atoms with van der Waals surface area (Å²) in [6, 6.07) is 15.0. The Bertz CT molecular complexity index is 1060. The van der Waals surface area contributed by atoms with E-state index in [2.05, 4.69) is 43.5 Å². The zero-order chi connectivity index (χ0) is 22.5. The molecule has 33 heavy (non-hydrogen) atoms. The molecule has 3 aromatic rings. The standard InChI is InChI=1S/C26H33N7/c1-20-18-25(31-30-20)28-24-19-26(29-23(27-24)11-10-21-8-4-2-5-9-21)33-16-12-22(13-17-33)32-14-6-3-7-15-32/h2,4-5,8-11,18-19,22H,3,6-7,12-17H2,1H3,(H2,27,28,29,30,31)/b11-10+. The third-order valence-corrected chi connectivity index (χ3v) is 6.61. The van der Waals surface area contributed by atoms with Crippen molar-refractivity contribution in [2.45, 2.75) is 45.1 Å². The van der Waals surface area contributed by atoms with E-state index in [1.54, 1.807) is 0 Å². The van der Waals surface area contributed by atoms with Gasteiger partial charge in [0.2, 0.25) is 0 Å². The molecule has 0 spiro atoms. The molecule has 2 aromatic heterocycles. The molecule has 2 aliphatic heterocycles. The molecule has 0 radical (unpaired) electrons. The number of rotatable bonds is 6. The van der Waals surface area contributed by atoms with Crippen LogP contribution in [0, 0.1) is 6.92 Å². The minimum atomic E-state index is 0.698. The summed E-state index contributed by atoms with van der Waals surface area (Å²) in [6.07, 6.45) is 10.5. The summed E-state index contributed by atoms with van der Waals surface area (Å²) in [5.41, 5.74) is 2.14. The predicted molar refractivity (Wildman–Crippen MR) is 135 cm³/mol. The molecule has 2 fully saturated rings. The van der Waals surface area contributed by atoms with Crippen molar-refractivity contribution in [2.75, 3.05) is 36.4 Å². The van der Waals surface area contributed by atoms with Gasteiger partial charge in [-0.15, -0.1) is 0 Å². The van der Waals surface area contributed by atoms with E-state index in [1.165, 1.54) is 45.2 Å². The molecule has 0 saturated carbocycles. The molecule has 0 amide bonds. The summed E-state index contributed by atoms with van der Waals surface area (Å²) in [5.74, 6) is 3.20. The molecular weight excluding hydrogens is 410 g/mol. The van der Waals surface area contributed by atoms with Crippen LogP contribution in [0.25, 0.3) is 12.2 Å². The number of likely N-dealkylation sites (tertiary alicyclic amines) is 1. The van der Waals surface area contributed by atoms with Crippen LogP contribution in [0.15, 0.2) is 42.5 Å². The van der Waals surface area contributed by atoms with Gasteiger partial charge in [-0.25, -0.2) is 9.97 Å². The van der Waals surface area contributed by atoms with Crippen LogP contribution in [0.2, 0.25) is 0 Å². The fourth-order valence-corrected chi connectivity index (χ4v) is 4.84. The van der Waals surface area contributed by atoms with Crippen LogP contribution in [0.5, 0.6) is 0 Å². The Hall–Kier alpha value is -3.19. The summed E-state index contributed by atoms with van der Waals surface area (Å²) in [4.78, 5) is 14.8. The summed E-state index contributed by atoms with van der Waals surface area (Å²) in [5, 5.41) is 10.6. The first-order valence-electron chi connectivity index (χ1n) is 12.1. The first-order chi connectivity index (χ1) is 16.2. The van der Waals surface area contributed by atoms with E-state index in [-0.39, 0.29) is 0 Å². The fourth-order valence-electron chi connectivity index (χ4n) is 4.84. The molecule has 0 aliphatic carbocycles. The van der Waals surface area contributed by atoms with Crippen molar-refractivity contribution in [1.82, 2.24) is 25.1 Å². The maximum Gasteiger partial charge on any atom is 0.156 e. The fraction of sp³-hybridized carbons (Fsp3) is 0.423. The molecule has 0 bridgehead atoms. The summed E-state index contributed by atoms with van der Waals surface area (Å²) in [6.45, 7) is 6.58. The third-order valence-electron chi connectivity index (χ3n) is 6.61. The van der Waals surface area contributed by atoms with Gasteiger partial charge in [0, 0.05) is 37.0 Å². The smallest absolute Gasteiger partial charge is 0.156 e. The number of anilines is 3. The van der Waals surface area contributed by atoms with Gasteiger partial charge in [0.05, 0.1) is 0 Å². The van der Waals surface area contributed by atoms with Crippen molar-refractivity contribution in [3.05, 3.63) is 59.5 Å². The topological polar surface area (TPSA) is 73.0 Å². The highest BCUT2D eigenvalue weighted by molar-refractivity contribution is 5.69. The quantitative estimate of drug-likeness (QED) is 0.566. The van der Waals surface area contributed by atoms with Crippen molar-refractivity contribution in [3.8, 4) is 0 Å². The molecule has 2 aliphatic rings. The molecule has 4 heterocycles. The predicted octanol–water partition coefficient (Wildman–Crippen LogP) is 4.88. The van der Waals surface area contributed by atoms with Crippen LogP contribution < -0.4 is 10.2 Å². The molecule has 7 nitrogen and oxygen atoms in total. The maximum atomic E-state index is 4.90. The number of H-pyrrole nitrogens is 1. The van der Waals surface area contributed by atoms with Crippen LogP contribution in [0.3, 0.4) is 0 Å². The van der Waals surface area contributed by atoms with Crippen LogP contribution in [0.1, 0.15) is 49.2 Å². The second-order valence-electron chi connectivity index (χ2n) is 9.09. The number of nitrogens with zero attached hydrogens (tertiary/aromatic N) is 5. The van der Waals surface area contributed by atoms with Gasteiger partial charge in [0.15, 0.2) is 11.6 Å². The highest BCUT2D eigenvalue weighted by Crippen LogP contribution is 2.26. The molecule has 172 valence electrons. The van der Waals surface area contributed by atoms with Gasteiger partial charge in [0.1, 0.15) is 11.6 Å². The van der Waals surface area contributed by atoms with Crippen LogP contribution in [0.4, 0.5) is 17.5 Å². The Morgan fingerprint density at radius 2 is 1.70 bits per heavy atom. The van der Waals surface area contributed by atoms with Gasteiger partial charge < -0.3 is 15.1 Å². The maximum absolute atomic E-state index is 4.90. The van der Waals surface area contributed by atoms with Crippen LogP contribution in [-0.4, -0.2) is 57.3 Å². The van der Waals surface area contributed by atoms with Crippen LogP contribution in [-0.2, 0) is 0 Å². The minimum Gasteiger partial charge on any atom is -0.356 e. The summed E-state index contributed by atoms with van der Waals surface area (Å²) < 4.78 is 0. The number of piperidine rings is 2. The molecule has 2 N–H and O–H groups in total. The van der Waals surface area contributed by atoms with Gasteiger partial charge in [0.25, 0.3) is 0 Å². The number of nitrogens with one attached hydrogen (secondary N) is 2. The number of aromatic amines is 1. The van der Waals surface area contributed by atoms with Gasteiger partial charge in [-0.3, -0.25) is 5.10 Å². The Morgan fingerprint density at radius 3 is 2.42 bits per heavy atom. The highest BCUT2D eigenvalue weighted by atomic mass is 15.3. The lowest BCUT2D eigenvalue weighted by Gasteiger charge is -2.40. The molecule has 7 heteroatoms. The van der Waals surface area contributed by atoms with Gasteiger partial charge in [-0.05, 0) is 57.3 Å². The van der Waals surface area contributed by atoms with Crippen molar-refractivity contribution in [3.63, 3.8) is 0 Å². The lowest BCUT2D eigenvalue weighted by Crippen LogP contribution is -2.47. The Kier molecular flexibility index (Phi) is 6.67. The first kappa shape index (κ1) is 21.6. The monoisotopic (exact) mass is 443 g/mol. The number of benzene rings is 1. The van der Waals surface area contributed by atoms with Crippen molar-refractivity contribution >= 4 is 29.6 Å². The van der Waals surface area contributed by atoms with E-state index in [0.29, 0.717) is 11.9 Å². The normalized spacial score (nSPS) is 18.2. The zero-order valence-corrected chi connectivity index (χ0v) is 19.4. The SMILES string of the molecule is Cc1cc(Nc2cc(N3CCC(N4CCCCC4)CC3)nc(/C=C/c3ccccc3)n2)n[nH]1. The molecule has 1 aromatic carbocycles. The zero-order valence-electron chi connectivity index (χ0n) is 19.4. The first-order valence-corrected chi connectivity index (χ1v) is 12.1. The van der Waals surface area contributed by atoms with E-state index < -0.39 is 0 Å². The average molecular weight is 444 g/mol. The number of hydrogen-bond donors (Lipinski definition) is 2. The van der Waals surface area contributed by atoms with Gasteiger partial charge >= 0.3 is 0 Å². The number of hydrogen-bond acceptors (Lipinski definition) is 6. The molecule has 0 unspecified atom stereocenters. The molecule has 2 saturated heterocycles. The van der Waals surface area contributed by atoms with E-state index in [1.807, 2.05) is 43.3 Å². The summed E-state index contributed by atoms with van der Waals surface area (Å²) in [7, 11) is 0. The molecule has 0 atom stereocenters. The lowest BCUT2D eigenvalue weighted by atomic mass is 10.00. The molecular formula is C26H33N7. The Labute approximate surface area is 195 Å². The van der Waals surface area contributed by atoms with Gasteiger partial charge in [-0.2, -0.15) is 5.10 Å². The highest BCUT2D eigenvalue weighted by Gasteiger charge is 2.26. The van der Waals surface area contributed by atoms with E-state index >= 15 is 0 Å². The van der Waals surface area contributed by atoms with Crippen molar-refractivity contribution in [1.29, 1.82) is 0 Å².